The Kier molecular flexibility index (Phi) is 11.0. The van der Waals surface area contributed by atoms with Gasteiger partial charge < -0.3 is 19.5 Å². The quantitative estimate of drug-likeness (QED) is 0.111. The third-order valence-electron chi connectivity index (χ3n) is 4.63. The van der Waals surface area contributed by atoms with E-state index in [1.54, 1.807) is 0 Å². The molecule has 1 aromatic carbocycles. The lowest BCUT2D eigenvalue weighted by atomic mass is 9.93. The van der Waals surface area contributed by atoms with Crippen molar-refractivity contribution in [1.82, 2.24) is 5.32 Å². The van der Waals surface area contributed by atoms with Gasteiger partial charge in [0.2, 0.25) is 0 Å². The van der Waals surface area contributed by atoms with Crippen molar-refractivity contribution < 1.29 is 28.6 Å². The van der Waals surface area contributed by atoms with Crippen molar-refractivity contribution in [2.24, 2.45) is 15.9 Å². The van der Waals surface area contributed by atoms with Gasteiger partial charge in [-0.3, -0.25) is 9.59 Å². The zero-order valence-corrected chi connectivity index (χ0v) is 20.3. The van der Waals surface area contributed by atoms with E-state index in [1.807, 2.05) is 27.7 Å². The summed E-state index contributed by atoms with van der Waals surface area (Å²) in [6, 6.07) is 4.27. The molecule has 0 saturated carbocycles. The third-order valence-corrected chi connectivity index (χ3v) is 4.63. The minimum atomic E-state index is -0.620. The topological polar surface area (TPSA) is 140 Å². The van der Waals surface area contributed by atoms with Gasteiger partial charge in [0.15, 0.2) is 5.78 Å². The molecule has 1 amide bonds. The highest BCUT2D eigenvalue weighted by Crippen LogP contribution is 2.20. The first-order valence-electron chi connectivity index (χ1n) is 10.6. The number of amides is 1. The summed E-state index contributed by atoms with van der Waals surface area (Å²) in [5, 5.41) is 6.27. The molecule has 0 unspecified atom stereocenters. The van der Waals surface area contributed by atoms with Gasteiger partial charge in [0.1, 0.15) is 0 Å². The summed E-state index contributed by atoms with van der Waals surface area (Å²) < 4.78 is 16.1. The Bertz CT molecular complexity index is 891. The number of Topliss-reactive ketones (excluding diaryl/α,β-unsaturated/α-hetero) is 1. The maximum absolute atomic E-state index is 12.7. The Balaban J connectivity index is 2.62. The Morgan fingerprint density at radius 2 is 1.55 bits per heavy atom. The summed E-state index contributed by atoms with van der Waals surface area (Å²) in [7, 11) is 1.24. The smallest absolute Gasteiger partial charge is 0.337 e. The van der Waals surface area contributed by atoms with Crippen molar-refractivity contribution in [2.45, 2.75) is 34.6 Å². The molecule has 0 fully saturated rings. The van der Waals surface area contributed by atoms with Crippen molar-refractivity contribution in [1.29, 1.82) is 0 Å². The number of carbonyl (C=O) groups is 3. The van der Waals surface area contributed by atoms with Crippen LogP contribution in [0, 0.1) is 10.8 Å². The van der Waals surface area contributed by atoms with Crippen LogP contribution >= 0.6 is 0 Å². The molecule has 10 heteroatoms. The SMILES string of the molecule is COC(=O)c1cc(C(C)=O)cc(C(=O)NCC(C)(C)COCC(C)(C)COCCN=[N+]=[N-])c1. The van der Waals surface area contributed by atoms with E-state index in [9.17, 15) is 14.4 Å². The van der Waals surface area contributed by atoms with E-state index in [4.69, 9.17) is 19.7 Å². The molecule has 0 saturated heterocycles. The highest BCUT2D eigenvalue weighted by Gasteiger charge is 2.24. The van der Waals surface area contributed by atoms with E-state index >= 15 is 0 Å². The van der Waals surface area contributed by atoms with E-state index in [0.29, 0.717) is 33.0 Å². The fourth-order valence-electron chi connectivity index (χ4n) is 2.81. The first-order valence-corrected chi connectivity index (χ1v) is 10.6. The van der Waals surface area contributed by atoms with E-state index in [-0.39, 0.29) is 39.8 Å². The molecule has 0 aliphatic heterocycles. The number of azide groups is 1. The number of carbonyl (C=O) groups excluding carboxylic acids is 3. The maximum Gasteiger partial charge on any atom is 0.337 e. The van der Waals surface area contributed by atoms with Crippen molar-refractivity contribution >= 4 is 17.7 Å². The molecular weight excluding hydrogens is 428 g/mol. The first kappa shape index (κ1) is 28.1. The van der Waals surface area contributed by atoms with Crippen LogP contribution in [-0.4, -0.2) is 64.3 Å². The van der Waals surface area contributed by atoms with E-state index in [0.717, 1.165) is 0 Å². The van der Waals surface area contributed by atoms with Crippen LogP contribution < -0.4 is 5.32 Å². The number of rotatable bonds is 14. The molecular formula is C23H34N4O6. The van der Waals surface area contributed by atoms with Gasteiger partial charge in [0, 0.05) is 40.0 Å². The molecule has 182 valence electrons. The minimum Gasteiger partial charge on any atom is -0.465 e. The monoisotopic (exact) mass is 462 g/mol. The molecule has 0 radical (unpaired) electrons. The van der Waals surface area contributed by atoms with E-state index < -0.39 is 11.9 Å². The van der Waals surface area contributed by atoms with Crippen molar-refractivity contribution in [2.75, 3.05) is 46.6 Å². The molecule has 1 N–H and O–H groups in total. The summed E-state index contributed by atoms with van der Waals surface area (Å²) >= 11 is 0. The molecule has 33 heavy (non-hydrogen) atoms. The van der Waals surface area contributed by atoms with E-state index in [1.165, 1.54) is 32.2 Å². The second kappa shape index (κ2) is 12.9. The lowest BCUT2D eigenvalue weighted by Gasteiger charge is -2.29. The Morgan fingerprint density at radius 3 is 2.15 bits per heavy atom. The summed E-state index contributed by atoms with van der Waals surface area (Å²) in [4.78, 5) is 39.0. The summed E-state index contributed by atoms with van der Waals surface area (Å²) in [5.41, 5.74) is 8.28. The molecule has 0 aliphatic rings. The predicted octanol–water partition coefficient (Wildman–Crippen LogP) is 3.80. The Morgan fingerprint density at radius 1 is 0.970 bits per heavy atom. The second-order valence-electron chi connectivity index (χ2n) is 9.36. The third kappa shape index (κ3) is 10.5. The zero-order valence-electron chi connectivity index (χ0n) is 20.3. The molecule has 1 aromatic rings. The second-order valence-corrected chi connectivity index (χ2v) is 9.36. The molecule has 0 spiro atoms. The van der Waals surface area contributed by atoms with Crippen LogP contribution in [0.2, 0.25) is 0 Å². The van der Waals surface area contributed by atoms with E-state index in [2.05, 4.69) is 15.3 Å². The van der Waals surface area contributed by atoms with Gasteiger partial charge in [-0.15, -0.1) is 0 Å². The number of methoxy groups -OCH3 is 1. The number of ether oxygens (including phenoxy) is 3. The zero-order chi connectivity index (χ0) is 25.1. The van der Waals surface area contributed by atoms with Gasteiger partial charge in [-0.25, -0.2) is 4.79 Å². The molecule has 0 aliphatic carbocycles. The Hall–Kier alpha value is -2.94. The van der Waals surface area contributed by atoms with Crippen molar-refractivity contribution in [3.8, 4) is 0 Å². The average molecular weight is 463 g/mol. The lowest BCUT2D eigenvalue weighted by molar-refractivity contribution is -0.0233. The molecule has 0 atom stereocenters. The summed E-state index contributed by atoms with van der Waals surface area (Å²) in [5.74, 6) is -1.27. The fraction of sp³-hybridized carbons (Fsp3) is 0.609. The average Bonchev–Trinajstić information content (AvgIpc) is 2.76. The lowest BCUT2D eigenvalue weighted by Crippen LogP contribution is -2.38. The normalized spacial score (nSPS) is 11.5. The van der Waals surface area contributed by atoms with Crippen LogP contribution in [0.25, 0.3) is 10.4 Å². The largest absolute Gasteiger partial charge is 0.465 e. The van der Waals surface area contributed by atoms with Crippen LogP contribution in [0.1, 0.15) is 65.7 Å². The van der Waals surface area contributed by atoms with Crippen molar-refractivity contribution in [3.05, 3.63) is 45.3 Å². The molecule has 0 aromatic heterocycles. The molecule has 0 bridgehead atoms. The van der Waals surface area contributed by atoms with Gasteiger partial charge in [-0.05, 0) is 30.7 Å². The molecule has 1 rings (SSSR count). The number of nitrogens with zero attached hydrogens (tertiary/aromatic N) is 3. The standard InChI is InChI=1S/C23H34N4O6/c1-16(28)17-9-18(11-19(10-17)21(30)31-6)20(29)25-12-22(2,3)13-33-15-23(4,5)14-32-8-7-26-27-24/h9-11H,7-8,12-15H2,1-6H3,(H,25,29). The van der Waals surface area contributed by atoms with Crippen LogP contribution in [0.4, 0.5) is 0 Å². The Labute approximate surface area is 194 Å². The van der Waals surface area contributed by atoms with Gasteiger partial charge in [-0.2, -0.15) is 0 Å². The number of esters is 1. The van der Waals surface area contributed by atoms with Gasteiger partial charge in [-0.1, -0.05) is 32.8 Å². The maximum atomic E-state index is 12.7. The summed E-state index contributed by atoms with van der Waals surface area (Å²) in [6.45, 7) is 11.6. The number of hydrogen-bond donors (Lipinski definition) is 1. The van der Waals surface area contributed by atoms with Gasteiger partial charge in [0.25, 0.3) is 5.91 Å². The number of ketones is 1. The van der Waals surface area contributed by atoms with Gasteiger partial charge in [0.05, 0.1) is 39.1 Å². The number of nitrogens with one attached hydrogen (secondary N) is 1. The highest BCUT2D eigenvalue weighted by atomic mass is 16.5. The fourth-order valence-corrected chi connectivity index (χ4v) is 2.81. The van der Waals surface area contributed by atoms with Crippen LogP contribution in [0.5, 0.6) is 0 Å². The first-order chi connectivity index (χ1) is 15.4. The molecule has 0 heterocycles. The van der Waals surface area contributed by atoms with Crippen LogP contribution in [0.15, 0.2) is 23.3 Å². The van der Waals surface area contributed by atoms with Crippen LogP contribution in [0.3, 0.4) is 0 Å². The minimum absolute atomic E-state index is 0.141. The van der Waals surface area contributed by atoms with Gasteiger partial charge >= 0.3 is 5.97 Å². The highest BCUT2D eigenvalue weighted by molar-refractivity contribution is 6.03. The summed E-state index contributed by atoms with van der Waals surface area (Å²) in [6.07, 6.45) is 0. The number of benzene rings is 1. The predicted molar refractivity (Wildman–Crippen MR) is 123 cm³/mol. The number of hydrogen-bond acceptors (Lipinski definition) is 7. The van der Waals surface area contributed by atoms with Crippen molar-refractivity contribution in [3.63, 3.8) is 0 Å². The molecule has 10 nitrogen and oxygen atoms in total. The van der Waals surface area contributed by atoms with Crippen LogP contribution in [-0.2, 0) is 14.2 Å².